The molecule has 1 aromatic rings. The maximum absolute atomic E-state index is 9.04. The molecule has 90 valence electrons. The zero-order valence-corrected chi connectivity index (χ0v) is 9.96. The van der Waals surface area contributed by atoms with Gasteiger partial charge in [-0.2, -0.15) is 0 Å². The Morgan fingerprint density at radius 3 is 2.62 bits per heavy atom. The van der Waals surface area contributed by atoms with Crippen LogP contribution in [-0.2, 0) is 13.0 Å². The van der Waals surface area contributed by atoms with Crippen molar-refractivity contribution in [3.63, 3.8) is 0 Å². The molecule has 1 aliphatic carbocycles. The SMILES string of the molecule is CCc1ccc(CNC2(CCO)CCC2)o1. The standard InChI is InChI=1S/C13H21NO2/c1-2-11-4-5-12(16-11)10-14-13(8-9-15)6-3-7-13/h4-5,14-15H,2-3,6-10H2,1H3. The zero-order valence-electron chi connectivity index (χ0n) is 9.96. The van der Waals surface area contributed by atoms with Crippen LogP contribution in [0.4, 0.5) is 0 Å². The number of furan rings is 1. The Balaban J connectivity index is 1.85. The second-order valence-corrected chi connectivity index (χ2v) is 4.68. The first-order valence-corrected chi connectivity index (χ1v) is 6.21. The third-order valence-electron chi connectivity index (χ3n) is 3.60. The maximum atomic E-state index is 9.04. The lowest BCUT2D eigenvalue weighted by Gasteiger charge is -2.42. The van der Waals surface area contributed by atoms with Crippen molar-refractivity contribution in [3.05, 3.63) is 23.7 Å². The second kappa shape index (κ2) is 5.02. The van der Waals surface area contributed by atoms with Crippen molar-refractivity contribution < 1.29 is 9.52 Å². The van der Waals surface area contributed by atoms with Crippen LogP contribution in [-0.4, -0.2) is 17.3 Å². The lowest BCUT2D eigenvalue weighted by molar-refractivity contribution is 0.127. The predicted molar refractivity (Wildman–Crippen MR) is 63.2 cm³/mol. The first kappa shape index (κ1) is 11.7. The van der Waals surface area contributed by atoms with Gasteiger partial charge >= 0.3 is 0 Å². The summed E-state index contributed by atoms with van der Waals surface area (Å²) in [6, 6.07) is 4.08. The number of aliphatic hydroxyl groups is 1. The predicted octanol–water partition coefficient (Wildman–Crippen LogP) is 2.24. The normalized spacial score (nSPS) is 18.4. The highest BCUT2D eigenvalue weighted by molar-refractivity contribution is 5.08. The van der Waals surface area contributed by atoms with Gasteiger partial charge in [0.15, 0.2) is 0 Å². The molecule has 1 saturated carbocycles. The summed E-state index contributed by atoms with van der Waals surface area (Å²) < 4.78 is 5.65. The molecule has 0 amide bonds. The monoisotopic (exact) mass is 223 g/mol. The van der Waals surface area contributed by atoms with Crippen LogP contribution in [0.1, 0.15) is 44.1 Å². The molecule has 0 aromatic carbocycles. The third kappa shape index (κ3) is 2.47. The highest BCUT2D eigenvalue weighted by Gasteiger charge is 2.35. The summed E-state index contributed by atoms with van der Waals surface area (Å²) in [5, 5.41) is 12.6. The van der Waals surface area contributed by atoms with E-state index >= 15 is 0 Å². The molecule has 1 fully saturated rings. The Hall–Kier alpha value is -0.800. The van der Waals surface area contributed by atoms with Crippen LogP contribution in [0.25, 0.3) is 0 Å². The van der Waals surface area contributed by atoms with E-state index in [1.54, 1.807) is 0 Å². The summed E-state index contributed by atoms with van der Waals surface area (Å²) in [5.74, 6) is 2.04. The molecule has 0 aliphatic heterocycles. The third-order valence-corrected chi connectivity index (χ3v) is 3.60. The summed E-state index contributed by atoms with van der Waals surface area (Å²) in [6.07, 6.45) is 5.42. The largest absolute Gasteiger partial charge is 0.465 e. The van der Waals surface area contributed by atoms with Crippen LogP contribution >= 0.6 is 0 Å². The van der Waals surface area contributed by atoms with Gasteiger partial charge in [0, 0.05) is 18.6 Å². The fraction of sp³-hybridized carbons (Fsp3) is 0.692. The lowest BCUT2D eigenvalue weighted by Crippen LogP contribution is -2.51. The van der Waals surface area contributed by atoms with E-state index in [1.807, 2.05) is 12.1 Å². The second-order valence-electron chi connectivity index (χ2n) is 4.68. The molecule has 3 nitrogen and oxygen atoms in total. The smallest absolute Gasteiger partial charge is 0.117 e. The van der Waals surface area contributed by atoms with Crippen molar-refractivity contribution in [3.8, 4) is 0 Å². The van der Waals surface area contributed by atoms with Crippen molar-refractivity contribution in [1.82, 2.24) is 5.32 Å². The summed E-state index contributed by atoms with van der Waals surface area (Å²) in [6.45, 7) is 3.14. The van der Waals surface area contributed by atoms with Crippen molar-refractivity contribution in [1.29, 1.82) is 0 Å². The fourth-order valence-corrected chi connectivity index (χ4v) is 2.31. The molecule has 2 rings (SSSR count). The molecular weight excluding hydrogens is 202 g/mol. The van der Waals surface area contributed by atoms with E-state index in [0.29, 0.717) is 0 Å². The molecule has 0 saturated heterocycles. The Kier molecular flexibility index (Phi) is 3.66. The minimum Gasteiger partial charge on any atom is -0.465 e. The molecule has 16 heavy (non-hydrogen) atoms. The van der Waals surface area contributed by atoms with E-state index in [9.17, 15) is 0 Å². The van der Waals surface area contributed by atoms with E-state index in [0.717, 1.165) is 30.9 Å². The van der Waals surface area contributed by atoms with Crippen LogP contribution < -0.4 is 5.32 Å². The highest BCUT2D eigenvalue weighted by Crippen LogP contribution is 2.34. The quantitative estimate of drug-likeness (QED) is 0.777. The summed E-state index contributed by atoms with van der Waals surface area (Å²) >= 11 is 0. The molecule has 0 radical (unpaired) electrons. The minimum atomic E-state index is 0.175. The topological polar surface area (TPSA) is 45.4 Å². The van der Waals surface area contributed by atoms with Gasteiger partial charge in [-0.05, 0) is 37.8 Å². The Labute approximate surface area is 96.8 Å². The van der Waals surface area contributed by atoms with Gasteiger partial charge in [0.25, 0.3) is 0 Å². The van der Waals surface area contributed by atoms with Crippen LogP contribution in [0.5, 0.6) is 0 Å². The molecule has 3 heteroatoms. The van der Waals surface area contributed by atoms with E-state index in [-0.39, 0.29) is 12.1 Å². The van der Waals surface area contributed by atoms with Crippen molar-refractivity contribution >= 4 is 0 Å². The van der Waals surface area contributed by atoms with Gasteiger partial charge < -0.3 is 14.8 Å². The molecule has 0 unspecified atom stereocenters. The van der Waals surface area contributed by atoms with Crippen molar-refractivity contribution in [2.24, 2.45) is 0 Å². The number of aryl methyl sites for hydroxylation is 1. The maximum Gasteiger partial charge on any atom is 0.117 e. The Morgan fingerprint density at radius 1 is 1.38 bits per heavy atom. The molecule has 1 heterocycles. The number of rotatable bonds is 6. The highest BCUT2D eigenvalue weighted by atomic mass is 16.3. The molecule has 0 bridgehead atoms. The number of hydrogen-bond donors (Lipinski definition) is 2. The van der Waals surface area contributed by atoms with Crippen LogP contribution in [0, 0.1) is 0 Å². The number of hydrogen-bond acceptors (Lipinski definition) is 3. The van der Waals surface area contributed by atoms with Gasteiger partial charge in [-0.1, -0.05) is 6.92 Å². The molecular formula is C13H21NO2. The number of nitrogens with one attached hydrogen (secondary N) is 1. The first-order valence-electron chi connectivity index (χ1n) is 6.21. The molecule has 0 spiro atoms. The minimum absolute atomic E-state index is 0.175. The Morgan fingerprint density at radius 2 is 2.12 bits per heavy atom. The van der Waals surface area contributed by atoms with E-state index < -0.39 is 0 Å². The summed E-state index contributed by atoms with van der Waals surface area (Å²) in [7, 11) is 0. The molecule has 1 aromatic heterocycles. The molecule has 1 aliphatic rings. The van der Waals surface area contributed by atoms with E-state index in [4.69, 9.17) is 9.52 Å². The van der Waals surface area contributed by atoms with E-state index in [1.165, 1.54) is 19.3 Å². The lowest BCUT2D eigenvalue weighted by atomic mass is 9.74. The van der Waals surface area contributed by atoms with Crippen LogP contribution in [0.15, 0.2) is 16.5 Å². The van der Waals surface area contributed by atoms with Crippen molar-refractivity contribution in [2.45, 2.75) is 51.1 Å². The first-order chi connectivity index (χ1) is 7.78. The van der Waals surface area contributed by atoms with Gasteiger partial charge in [0.05, 0.1) is 6.54 Å². The Bertz CT molecular complexity index is 328. The number of aliphatic hydroxyl groups excluding tert-OH is 1. The average Bonchev–Trinajstić information content (AvgIpc) is 2.70. The van der Waals surface area contributed by atoms with Crippen molar-refractivity contribution in [2.75, 3.05) is 6.61 Å². The summed E-state index contributed by atoms with van der Waals surface area (Å²) in [4.78, 5) is 0. The molecule has 2 N–H and O–H groups in total. The van der Waals surface area contributed by atoms with E-state index in [2.05, 4.69) is 12.2 Å². The van der Waals surface area contributed by atoms with Crippen LogP contribution in [0.2, 0.25) is 0 Å². The van der Waals surface area contributed by atoms with Gasteiger partial charge in [-0.3, -0.25) is 0 Å². The van der Waals surface area contributed by atoms with Crippen LogP contribution in [0.3, 0.4) is 0 Å². The van der Waals surface area contributed by atoms with Gasteiger partial charge in [-0.25, -0.2) is 0 Å². The van der Waals surface area contributed by atoms with Gasteiger partial charge in [0.2, 0.25) is 0 Å². The summed E-state index contributed by atoms with van der Waals surface area (Å²) in [5.41, 5.74) is 0.175. The fourth-order valence-electron chi connectivity index (χ4n) is 2.31. The average molecular weight is 223 g/mol. The zero-order chi connectivity index (χ0) is 11.4. The van der Waals surface area contributed by atoms with Gasteiger partial charge in [-0.15, -0.1) is 0 Å². The molecule has 0 atom stereocenters. The van der Waals surface area contributed by atoms with Gasteiger partial charge in [0.1, 0.15) is 11.5 Å².